The molecule has 0 spiro atoms. The topological polar surface area (TPSA) is 81.7 Å². The molecule has 1 atom stereocenters. The zero-order chi connectivity index (χ0) is 15.4. The summed E-state index contributed by atoms with van der Waals surface area (Å²) in [6.07, 6.45) is 4.64. The van der Waals surface area contributed by atoms with Crippen LogP contribution in [0.2, 0.25) is 0 Å². The highest BCUT2D eigenvalue weighted by atomic mass is 16.5. The maximum absolute atomic E-state index is 11.7. The van der Waals surface area contributed by atoms with Crippen LogP contribution < -0.4 is 5.32 Å². The number of carbonyl (C=O) groups is 3. The van der Waals surface area contributed by atoms with Gasteiger partial charge in [0.2, 0.25) is 5.91 Å². The quantitative estimate of drug-likeness (QED) is 0.487. The van der Waals surface area contributed by atoms with Crippen molar-refractivity contribution >= 4 is 17.8 Å². The van der Waals surface area contributed by atoms with E-state index < -0.39 is 18.0 Å². The number of carbonyl (C=O) groups excluding carboxylic acids is 3. The zero-order valence-corrected chi connectivity index (χ0v) is 12.6. The fourth-order valence-corrected chi connectivity index (χ4v) is 1.75. The molecule has 20 heavy (non-hydrogen) atoms. The molecule has 0 bridgehead atoms. The van der Waals surface area contributed by atoms with Crippen molar-refractivity contribution < 1.29 is 23.9 Å². The fourth-order valence-electron chi connectivity index (χ4n) is 1.75. The van der Waals surface area contributed by atoms with Gasteiger partial charge in [0.1, 0.15) is 6.04 Å². The van der Waals surface area contributed by atoms with Crippen LogP contribution in [0, 0.1) is 0 Å². The second-order valence-electron chi connectivity index (χ2n) is 4.57. The third kappa shape index (κ3) is 8.50. The molecular weight excluding hydrogens is 262 g/mol. The largest absolute Gasteiger partial charge is 0.469 e. The first kappa shape index (κ1) is 18.4. The van der Waals surface area contributed by atoms with Crippen LogP contribution >= 0.6 is 0 Å². The molecule has 0 aromatic heterocycles. The van der Waals surface area contributed by atoms with Gasteiger partial charge in [0, 0.05) is 6.42 Å². The Morgan fingerprint density at radius 2 is 1.70 bits per heavy atom. The number of nitrogens with one attached hydrogen (secondary N) is 1. The second kappa shape index (κ2) is 11.3. The lowest BCUT2D eigenvalue weighted by atomic mass is 10.1. The Balaban J connectivity index is 4.17. The van der Waals surface area contributed by atoms with E-state index >= 15 is 0 Å². The predicted octanol–water partition coefficient (Wildman–Crippen LogP) is 1.57. The van der Waals surface area contributed by atoms with Gasteiger partial charge in [-0.3, -0.25) is 9.59 Å². The number of ether oxygens (including phenoxy) is 2. The van der Waals surface area contributed by atoms with E-state index in [2.05, 4.69) is 21.7 Å². The molecule has 0 unspecified atom stereocenters. The molecule has 0 aliphatic rings. The summed E-state index contributed by atoms with van der Waals surface area (Å²) in [5, 5.41) is 2.60. The summed E-state index contributed by atoms with van der Waals surface area (Å²) in [4.78, 5) is 34.2. The summed E-state index contributed by atoms with van der Waals surface area (Å²) in [6.45, 7) is 2.10. The molecule has 0 heterocycles. The van der Waals surface area contributed by atoms with Crippen molar-refractivity contribution in [1.82, 2.24) is 5.32 Å². The number of rotatable bonds is 10. The van der Waals surface area contributed by atoms with Crippen LogP contribution in [0.1, 0.15) is 51.9 Å². The van der Waals surface area contributed by atoms with Gasteiger partial charge in [0.15, 0.2) is 0 Å². The fraction of sp³-hybridized carbons (Fsp3) is 0.786. The van der Waals surface area contributed by atoms with Crippen LogP contribution in [0.5, 0.6) is 0 Å². The summed E-state index contributed by atoms with van der Waals surface area (Å²) >= 11 is 0. The number of amides is 1. The Morgan fingerprint density at radius 3 is 2.25 bits per heavy atom. The van der Waals surface area contributed by atoms with E-state index in [0.29, 0.717) is 6.42 Å². The van der Waals surface area contributed by atoms with Crippen molar-refractivity contribution in [2.75, 3.05) is 14.2 Å². The molecule has 6 heteroatoms. The average Bonchev–Trinajstić information content (AvgIpc) is 2.46. The molecule has 1 amide bonds. The summed E-state index contributed by atoms with van der Waals surface area (Å²) in [7, 11) is 2.56. The van der Waals surface area contributed by atoms with E-state index in [-0.39, 0.29) is 18.7 Å². The smallest absolute Gasteiger partial charge is 0.328 e. The molecule has 0 radical (unpaired) electrons. The van der Waals surface area contributed by atoms with Crippen molar-refractivity contribution in [3.05, 3.63) is 0 Å². The lowest BCUT2D eigenvalue weighted by molar-refractivity contribution is -0.145. The molecule has 116 valence electrons. The minimum Gasteiger partial charge on any atom is -0.469 e. The molecule has 0 fully saturated rings. The minimum absolute atomic E-state index is 0.00601. The van der Waals surface area contributed by atoms with Gasteiger partial charge >= 0.3 is 11.9 Å². The number of methoxy groups -OCH3 is 2. The number of hydrogen-bond acceptors (Lipinski definition) is 5. The normalized spacial score (nSPS) is 11.6. The maximum Gasteiger partial charge on any atom is 0.328 e. The van der Waals surface area contributed by atoms with Crippen molar-refractivity contribution in [3.63, 3.8) is 0 Å². The number of esters is 2. The van der Waals surface area contributed by atoms with Gasteiger partial charge in [0.25, 0.3) is 0 Å². The van der Waals surface area contributed by atoms with Crippen molar-refractivity contribution in [3.8, 4) is 0 Å². The summed E-state index contributed by atoms with van der Waals surface area (Å²) in [5.74, 6) is -1.24. The Bertz CT molecular complexity index is 317. The molecule has 0 aromatic rings. The van der Waals surface area contributed by atoms with Gasteiger partial charge in [-0.25, -0.2) is 4.79 Å². The van der Waals surface area contributed by atoms with E-state index in [4.69, 9.17) is 0 Å². The summed E-state index contributed by atoms with van der Waals surface area (Å²) in [6, 6.07) is -0.637. The van der Waals surface area contributed by atoms with Gasteiger partial charge in [-0.05, 0) is 6.42 Å². The van der Waals surface area contributed by atoms with Gasteiger partial charge in [-0.2, -0.15) is 0 Å². The average molecular weight is 287 g/mol. The second-order valence-corrected chi connectivity index (χ2v) is 4.57. The van der Waals surface area contributed by atoms with Crippen LogP contribution in [0.3, 0.4) is 0 Å². The monoisotopic (exact) mass is 287 g/mol. The molecule has 0 saturated heterocycles. The van der Waals surface area contributed by atoms with Crippen LogP contribution in [-0.4, -0.2) is 38.1 Å². The van der Waals surface area contributed by atoms with E-state index in [1.807, 2.05) is 0 Å². The van der Waals surface area contributed by atoms with E-state index in [9.17, 15) is 14.4 Å². The first-order chi connectivity index (χ1) is 9.54. The number of unbranched alkanes of at least 4 members (excludes halogenated alkanes) is 3. The number of hydrogen-bond donors (Lipinski definition) is 1. The lowest BCUT2D eigenvalue weighted by Gasteiger charge is -2.16. The van der Waals surface area contributed by atoms with Crippen molar-refractivity contribution in [2.45, 2.75) is 57.9 Å². The molecule has 0 aliphatic heterocycles. The van der Waals surface area contributed by atoms with Crippen molar-refractivity contribution in [1.29, 1.82) is 0 Å². The Kier molecular flexibility index (Phi) is 10.4. The van der Waals surface area contributed by atoms with Gasteiger partial charge in [-0.15, -0.1) is 0 Å². The molecule has 0 saturated carbocycles. The van der Waals surface area contributed by atoms with E-state index in [1.165, 1.54) is 14.2 Å². The molecule has 1 N–H and O–H groups in total. The van der Waals surface area contributed by atoms with Crippen LogP contribution in [0.4, 0.5) is 0 Å². The lowest BCUT2D eigenvalue weighted by Crippen LogP contribution is -2.41. The highest BCUT2D eigenvalue weighted by Gasteiger charge is 2.21. The first-order valence-electron chi connectivity index (χ1n) is 6.99. The summed E-state index contributed by atoms with van der Waals surface area (Å²) in [5.41, 5.74) is 0. The van der Waals surface area contributed by atoms with E-state index in [0.717, 1.165) is 25.7 Å². The predicted molar refractivity (Wildman–Crippen MR) is 74.0 cm³/mol. The standard InChI is InChI=1S/C14H25NO5/c1-4-5-6-7-8-11(14(18)20-3)15-12(16)9-10-13(17)19-2/h11H,4-10H2,1-3H3,(H,15,16)/t11-/m1/s1. The molecule has 0 aromatic carbocycles. The van der Waals surface area contributed by atoms with Crippen LogP contribution in [-0.2, 0) is 23.9 Å². The zero-order valence-electron chi connectivity index (χ0n) is 12.6. The maximum atomic E-state index is 11.7. The Hall–Kier alpha value is -1.59. The Labute approximate surface area is 120 Å². The minimum atomic E-state index is -0.637. The highest BCUT2D eigenvalue weighted by molar-refractivity contribution is 5.86. The third-order valence-electron chi connectivity index (χ3n) is 2.95. The third-order valence-corrected chi connectivity index (χ3v) is 2.95. The van der Waals surface area contributed by atoms with Gasteiger partial charge in [0.05, 0.1) is 20.6 Å². The SMILES string of the molecule is CCCCCC[C@@H](NC(=O)CCC(=O)OC)C(=O)OC. The summed E-state index contributed by atoms with van der Waals surface area (Å²) < 4.78 is 9.13. The van der Waals surface area contributed by atoms with Crippen molar-refractivity contribution in [2.24, 2.45) is 0 Å². The Morgan fingerprint density at radius 1 is 1.00 bits per heavy atom. The highest BCUT2D eigenvalue weighted by Crippen LogP contribution is 2.07. The van der Waals surface area contributed by atoms with Gasteiger partial charge in [-0.1, -0.05) is 32.6 Å². The van der Waals surface area contributed by atoms with Crippen LogP contribution in [0.15, 0.2) is 0 Å². The molecule has 6 nitrogen and oxygen atoms in total. The first-order valence-corrected chi connectivity index (χ1v) is 6.99. The molecule has 0 rings (SSSR count). The van der Waals surface area contributed by atoms with E-state index in [1.54, 1.807) is 0 Å². The molecule has 0 aliphatic carbocycles. The van der Waals surface area contributed by atoms with Crippen LogP contribution in [0.25, 0.3) is 0 Å². The van der Waals surface area contributed by atoms with Gasteiger partial charge < -0.3 is 14.8 Å². The molecular formula is C14H25NO5.